The molecule has 0 aromatic heterocycles. The third-order valence-corrected chi connectivity index (χ3v) is 3.03. The average molecular weight is 314 g/mol. The van der Waals surface area contributed by atoms with E-state index in [2.05, 4.69) is 10.6 Å². The maximum absolute atomic E-state index is 11.9. The molecule has 3 N–H and O–H groups in total. The molecule has 6 heteroatoms. The summed E-state index contributed by atoms with van der Waals surface area (Å²) in [6, 6.07) is 11.4. The van der Waals surface area contributed by atoms with Gasteiger partial charge in [-0.05, 0) is 55.8 Å². The number of phenols is 1. The Balaban J connectivity index is 1.98. The number of carbonyl (C=O) groups is 2. The molecule has 2 rings (SSSR count). The van der Waals surface area contributed by atoms with Gasteiger partial charge in [-0.2, -0.15) is 0 Å². The van der Waals surface area contributed by atoms with Crippen LogP contribution in [0.2, 0.25) is 0 Å². The lowest BCUT2D eigenvalue weighted by molar-refractivity contribution is -0.133. The highest BCUT2D eigenvalue weighted by Gasteiger charge is 2.15. The van der Waals surface area contributed by atoms with Crippen molar-refractivity contribution in [2.75, 3.05) is 17.2 Å². The first kappa shape index (κ1) is 16.4. The molecule has 0 heterocycles. The molecule has 0 aliphatic rings. The number of hydrogen-bond acceptors (Lipinski definition) is 4. The zero-order valence-electron chi connectivity index (χ0n) is 12.9. The van der Waals surface area contributed by atoms with Crippen LogP contribution in [0.15, 0.2) is 42.5 Å². The van der Waals surface area contributed by atoms with E-state index in [0.717, 1.165) is 5.56 Å². The Kier molecular flexibility index (Phi) is 5.19. The third kappa shape index (κ3) is 4.47. The first-order valence-electron chi connectivity index (χ1n) is 7.14. The molecule has 0 fully saturated rings. The van der Waals surface area contributed by atoms with E-state index in [1.165, 1.54) is 12.1 Å². The maximum atomic E-state index is 11.9. The van der Waals surface area contributed by atoms with Gasteiger partial charge < -0.3 is 20.5 Å². The van der Waals surface area contributed by atoms with Gasteiger partial charge in [0.25, 0.3) is 0 Å². The minimum Gasteiger partial charge on any atom is -0.506 e. The summed E-state index contributed by atoms with van der Waals surface area (Å²) in [7, 11) is 0. The van der Waals surface area contributed by atoms with Gasteiger partial charge in [-0.3, -0.25) is 9.59 Å². The van der Waals surface area contributed by atoms with E-state index in [-0.39, 0.29) is 11.4 Å². The van der Waals surface area contributed by atoms with E-state index in [1.807, 2.05) is 13.8 Å². The summed E-state index contributed by atoms with van der Waals surface area (Å²) in [6.07, 6.45) is 0. The minimum absolute atomic E-state index is 0.0905. The molecule has 0 radical (unpaired) electrons. The fraction of sp³-hybridized carbons (Fsp3) is 0.176. The van der Waals surface area contributed by atoms with Crippen molar-refractivity contribution in [2.45, 2.75) is 13.8 Å². The van der Waals surface area contributed by atoms with Crippen molar-refractivity contribution in [2.24, 2.45) is 0 Å². The molecular formula is C17H18N2O4. The smallest absolute Gasteiger partial charge is 0.314 e. The molecule has 0 bridgehead atoms. The molecule has 6 nitrogen and oxygen atoms in total. The largest absolute Gasteiger partial charge is 0.506 e. The SMILES string of the molecule is CCOc1ccc(NC(=O)C(=O)Nc2ccc(C)cc2O)cc1. The van der Waals surface area contributed by atoms with Crippen LogP contribution in [-0.4, -0.2) is 23.5 Å². The molecule has 2 amide bonds. The van der Waals surface area contributed by atoms with Crippen LogP contribution in [-0.2, 0) is 9.59 Å². The summed E-state index contributed by atoms with van der Waals surface area (Å²) in [5, 5.41) is 14.6. The van der Waals surface area contributed by atoms with Crippen LogP contribution in [0.25, 0.3) is 0 Å². The number of hydrogen-bond donors (Lipinski definition) is 3. The number of aromatic hydroxyl groups is 1. The molecule has 0 aliphatic heterocycles. The summed E-state index contributed by atoms with van der Waals surface area (Å²) in [5.41, 5.74) is 1.50. The number of nitrogens with one attached hydrogen (secondary N) is 2. The Morgan fingerprint density at radius 3 is 2.30 bits per heavy atom. The van der Waals surface area contributed by atoms with Crippen molar-refractivity contribution < 1.29 is 19.4 Å². The number of anilines is 2. The van der Waals surface area contributed by atoms with Gasteiger partial charge in [-0.15, -0.1) is 0 Å². The van der Waals surface area contributed by atoms with Crippen molar-refractivity contribution in [3.63, 3.8) is 0 Å². The van der Waals surface area contributed by atoms with Gasteiger partial charge in [0, 0.05) is 5.69 Å². The number of benzene rings is 2. The van der Waals surface area contributed by atoms with E-state index >= 15 is 0 Å². The Labute approximate surface area is 134 Å². The van der Waals surface area contributed by atoms with Gasteiger partial charge in [-0.25, -0.2) is 0 Å². The van der Waals surface area contributed by atoms with E-state index in [9.17, 15) is 14.7 Å². The molecule has 0 saturated heterocycles. The van der Waals surface area contributed by atoms with E-state index < -0.39 is 11.8 Å². The molecule has 120 valence electrons. The Hall–Kier alpha value is -3.02. The third-order valence-electron chi connectivity index (χ3n) is 3.03. The highest BCUT2D eigenvalue weighted by Crippen LogP contribution is 2.23. The lowest BCUT2D eigenvalue weighted by Gasteiger charge is -2.09. The summed E-state index contributed by atoms with van der Waals surface area (Å²) < 4.78 is 5.30. The van der Waals surface area contributed by atoms with Crippen LogP contribution in [0, 0.1) is 6.92 Å². The Morgan fingerprint density at radius 1 is 1.04 bits per heavy atom. The van der Waals surface area contributed by atoms with E-state index in [0.29, 0.717) is 18.0 Å². The number of aryl methyl sites for hydroxylation is 1. The molecule has 23 heavy (non-hydrogen) atoms. The maximum Gasteiger partial charge on any atom is 0.314 e. The second-order valence-electron chi connectivity index (χ2n) is 4.89. The average Bonchev–Trinajstić information content (AvgIpc) is 2.52. The first-order chi connectivity index (χ1) is 11.0. The number of phenolic OH excluding ortho intramolecular Hbond substituents is 1. The summed E-state index contributed by atoms with van der Waals surface area (Å²) >= 11 is 0. The normalized spacial score (nSPS) is 10.0. The Bertz CT molecular complexity index is 711. The standard InChI is InChI=1S/C17H18N2O4/c1-3-23-13-7-5-12(6-8-13)18-16(21)17(22)19-14-9-4-11(2)10-15(14)20/h4-10,20H,3H2,1-2H3,(H,18,21)(H,19,22). The van der Waals surface area contributed by atoms with Crippen LogP contribution in [0.1, 0.15) is 12.5 Å². The second kappa shape index (κ2) is 7.31. The molecule has 0 spiro atoms. The van der Waals surface area contributed by atoms with Gasteiger partial charge in [0.2, 0.25) is 0 Å². The summed E-state index contributed by atoms with van der Waals surface area (Å²) in [4.78, 5) is 23.7. The monoisotopic (exact) mass is 314 g/mol. The summed E-state index contributed by atoms with van der Waals surface area (Å²) in [6.45, 7) is 4.23. The van der Waals surface area contributed by atoms with E-state index in [1.54, 1.807) is 30.3 Å². The van der Waals surface area contributed by atoms with Crippen molar-refractivity contribution >= 4 is 23.2 Å². The molecule has 0 atom stereocenters. The van der Waals surface area contributed by atoms with Gasteiger partial charge in [0.05, 0.1) is 12.3 Å². The fourth-order valence-corrected chi connectivity index (χ4v) is 1.92. The number of ether oxygens (including phenoxy) is 1. The van der Waals surface area contributed by atoms with Crippen molar-refractivity contribution in [1.29, 1.82) is 0 Å². The van der Waals surface area contributed by atoms with E-state index in [4.69, 9.17) is 4.74 Å². The van der Waals surface area contributed by atoms with Crippen molar-refractivity contribution in [3.8, 4) is 11.5 Å². The predicted molar refractivity (Wildman–Crippen MR) is 87.7 cm³/mol. The van der Waals surface area contributed by atoms with Crippen LogP contribution in [0.4, 0.5) is 11.4 Å². The number of amides is 2. The molecule has 0 aliphatic carbocycles. The molecule has 0 saturated carbocycles. The lowest BCUT2D eigenvalue weighted by Crippen LogP contribution is -2.29. The number of carbonyl (C=O) groups excluding carboxylic acids is 2. The molecule has 2 aromatic rings. The zero-order chi connectivity index (χ0) is 16.8. The first-order valence-corrected chi connectivity index (χ1v) is 7.14. The van der Waals surface area contributed by atoms with Gasteiger partial charge in [0.1, 0.15) is 11.5 Å². The highest BCUT2D eigenvalue weighted by atomic mass is 16.5. The topological polar surface area (TPSA) is 87.7 Å². The van der Waals surface area contributed by atoms with Crippen molar-refractivity contribution in [3.05, 3.63) is 48.0 Å². The van der Waals surface area contributed by atoms with Crippen LogP contribution < -0.4 is 15.4 Å². The van der Waals surface area contributed by atoms with Gasteiger partial charge in [0.15, 0.2) is 0 Å². The molecule has 0 unspecified atom stereocenters. The van der Waals surface area contributed by atoms with Crippen LogP contribution >= 0.6 is 0 Å². The minimum atomic E-state index is -0.863. The predicted octanol–water partition coefficient (Wildman–Crippen LogP) is 2.68. The summed E-state index contributed by atoms with van der Waals surface area (Å²) in [5.74, 6) is -1.10. The zero-order valence-corrected chi connectivity index (χ0v) is 12.9. The van der Waals surface area contributed by atoms with Crippen LogP contribution in [0.3, 0.4) is 0 Å². The van der Waals surface area contributed by atoms with Crippen LogP contribution in [0.5, 0.6) is 11.5 Å². The quantitative estimate of drug-likeness (QED) is 0.598. The lowest BCUT2D eigenvalue weighted by atomic mass is 10.2. The number of rotatable bonds is 4. The van der Waals surface area contributed by atoms with Gasteiger partial charge in [-0.1, -0.05) is 6.07 Å². The highest BCUT2D eigenvalue weighted by molar-refractivity contribution is 6.43. The fourth-order valence-electron chi connectivity index (χ4n) is 1.92. The Morgan fingerprint density at radius 2 is 1.70 bits per heavy atom. The van der Waals surface area contributed by atoms with Gasteiger partial charge >= 0.3 is 11.8 Å². The van der Waals surface area contributed by atoms with Crippen molar-refractivity contribution in [1.82, 2.24) is 0 Å². The second-order valence-corrected chi connectivity index (χ2v) is 4.89. The molecule has 2 aromatic carbocycles. The molecular weight excluding hydrogens is 296 g/mol.